The standard InChI is InChI=1S/C19H16N2O4/c1-2-25-18-12-13(7-11-17(18)22)6-9-15-10-8-14-4-3-5-16(21(23)24)19(14)20-15/h3-12,22H,2H2,1H3/b9-6+. The summed E-state index contributed by atoms with van der Waals surface area (Å²) in [6, 6.07) is 13.5. The maximum Gasteiger partial charge on any atom is 0.295 e. The monoisotopic (exact) mass is 336 g/mol. The van der Waals surface area contributed by atoms with E-state index < -0.39 is 4.92 Å². The predicted octanol–water partition coefficient (Wildman–Crippen LogP) is 4.42. The number of non-ortho nitro benzene ring substituents is 1. The molecule has 0 unspecified atom stereocenters. The first-order chi connectivity index (χ1) is 12.1. The Morgan fingerprint density at radius 1 is 1.20 bits per heavy atom. The second kappa shape index (κ2) is 7.00. The molecule has 6 nitrogen and oxygen atoms in total. The minimum absolute atomic E-state index is 0.0176. The van der Waals surface area contributed by atoms with Gasteiger partial charge in [0.1, 0.15) is 5.52 Å². The van der Waals surface area contributed by atoms with E-state index >= 15 is 0 Å². The largest absolute Gasteiger partial charge is 0.504 e. The molecule has 0 radical (unpaired) electrons. The van der Waals surface area contributed by atoms with Crippen LogP contribution in [0.1, 0.15) is 18.2 Å². The molecular weight excluding hydrogens is 320 g/mol. The van der Waals surface area contributed by atoms with Crippen LogP contribution in [0.4, 0.5) is 5.69 Å². The average molecular weight is 336 g/mol. The van der Waals surface area contributed by atoms with Crippen LogP contribution in [0.15, 0.2) is 48.5 Å². The maximum atomic E-state index is 11.1. The Morgan fingerprint density at radius 3 is 2.80 bits per heavy atom. The Morgan fingerprint density at radius 2 is 2.04 bits per heavy atom. The lowest BCUT2D eigenvalue weighted by Crippen LogP contribution is -1.93. The normalized spacial score (nSPS) is 11.1. The molecule has 0 aliphatic carbocycles. The van der Waals surface area contributed by atoms with Crippen molar-refractivity contribution in [2.75, 3.05) is 6.61 Å². The number of hydrogen-bond acceptors (Lipinski definition) is 5. The van der Waals surface area contributed by atoms with Crippen molar-refractivity contribution >= 4 is 28.7 Å². The number of nitrogens with zero attached hydrogens (tertiary/aromatic N) is 2. The van der Waals surface area contributed by atoms with Gasteiger partial charge in [0.15, 0.2) is 11.5 Å². The summed E-state index contributed by atoms with van der Waals surface area (Å²) in [4.78, 5) is 15.1. The van der Waals surface area contributed by atoms with Crippen LogP contribution in [0, 0.1) is 10.1 Å². The molecule has 0 bridgehead atoms. The molecule has 3 aromatic rings. The van der Waals surface area contributed by atoms with Gasteiger partial charge in [-0.2, -0.15) is 0 Å². The quantitative estimate of drug-likeness (QED) is 0.551. The molecule has 1 heterocycles. The summed E-state index contributed by atoms with van der Waals surface area (Å²) in [5.74, 6) is 0.491. The third-order valence-electron chi connectivity index (χ3n) is 3.65. The molecule has 0 spiro atoms. The van der Waals surface area contributed by atoms with Gasteiger partial charge in [-0.25, -0.2) is 4.98 Å². The van der Waals surface area contributed by atoms with Gasteiger partial charge in [0.05, 0.1) is 17.2 Å². The number of phenols is 1. The fourth-order valence-corrected chi connectivity index (χ4v) is 2.47. The van der Waals surface area contributed by atoms with Crippen molar-refractivity contribution in [3.63, 3.8) is 0 Å². The molecule has 0 saturated carbocycles. The second-order valence-electron chi connectivity index (χ2n) is 5.34. The van der Waals surface area contributed by atoms with Gasteiger partial charge in [-0.15, -0.1) is 0 Å². The van der Waals surface area contributed by atoms with E-state index in [1.54, 1.807) is 48.5 Å². The highest BCUT2D eigenvalue weighted by atomic mass is 16.6. The van der Waals surface area contributed by atoms with Crippen LogP contribution in [0.5, 0.6) is 11.5 Å². The number of aromatic hydroxyl groups is 1. The van der Waals surface area contributed by atoms with Gasteiger partial charge < -0.3 is 9.84 Å². The van der Waals surface area contributed by atoms with E-state index in [9.17, 15) is 15.2 Å². The minimum Gasteiger partial charge on any atom is -0.504 e. The first kappa shape index (κ1) is 16.4. The molecule has 0 saturated heterocycles. The summed E-state index contributed by atoms with van der Waals surface area (Å²) in [6.45, 7) is 2.30. The van der Waals surface area contributed by atoms with Crippen molar-refractivity contribution < 1.29 is 14.8 Å². The lowest BCUT2D eigenvalue weighted by Gasteiger charge is -2.06. The first-order valence-electron chi connectivity index (χ1n) is 7.76. The van der Waals surface area contributed by atoms with Gasteiger partial charge in [-0.05, 0) is 36.8 Å². The first-order valence-corrected chi connectivity index (χ1v) is 7.76. The highest BCUT2D eigenvalue weighted by molar-refractivity contribution is 5.88. The van der Waals surface area contributed by atoms with E-state index in [0.717, 1.165) is 10.9 Å². The lowest BCUT2D eigenvalue weighted by molar-refractivity contribution is -0.383. The summed E-state index contributed by atoms with van der Waals surface area (Å²) in [5, 5.41) is 21.6. The van der Waals surface area contributed by atoms with Crippen molar-refractivity contribution in [1.29, 1.82) is 0 Å². The number of fused-ring (bicyclic) bond motifs is 1. The number of phenolic OH excluding ortho intramolecular Hbond substituents is 1. The number of nitro groups is 1. The molecule has 6 heteroatoms. The van der Waals surface area contributed by atoms with Crippen molar-refractivity contribution in [2.45, 2.75) is 6.92 Å². The molecule has 126 valence electrons. The van der Waals surface area contributed by atoms with Gasteiger partial charge >= 0.3 is 0 Å². The molecule has 0 aliphatic rings. The van der Waals surface area contributed by atoms with E-state index in [2.05, 4.69) is 4.98 Å². The molecule has 3 rings (SSSR count). The number of aromatic nitrogens is 1. The molecule has 0 aliphatic heterocycles. The number of ether oxygens (including phenoxy) is 1. The lowest BCUT2D eigenvalue weighted by atomic mass is 10.1. The van der Waals surface area contributed by atoms with Gasteiger partial charge in [-0.3, -0.25) is 10.1 Å². The van der Waals surface area contributed by atoms with E-state index in [-0.39, 0.29) is 11.4 Å². The molecule has 0 amide bonds. The number of pyridine rings is 1. The fraction of sp³-hybridized carbons (Fsp3) is 0.105. The summed E-state index contributed by atoms with van der Waals surface area (Å²) in [5.41, 5.74) is 1.77. The number of benzene rings is 2. The van der Waals surface area contributed by atoms with Crippen molar-refractivity contribution in [3.05, 3.63) is 69.9 Å². The third kappa shape index (κ3) is 3.58. The van der Waals surface area contributed by atoms with Crippen molar-refractivity contribution in [2.24, 2.45) is 0 Å². The summed E-state index contributed by atoms with van der Waals surface area (Å²) in [6.07, 6.45) is 3.57. The van der Waals surface area contributed by atoms with Gasteiger partial charge in [0.25, 0.3) is 5.69 Å². The number of hydrogen-bond donors (Lipinski definition) is 1. The van der Waals surface area contributed by atoms with Crippen LogP contribution in [0.3, 0.4) is 0 Å². The SMILES string of the molecule is CCOc1cc(/C=C/c2ccc3cccc([N+](=O)[O-])c3n2)ccc1O. The Kier molecular flexibility index (Phi) is 4.61. The third-order valence-corrected chi connectivity index (χ3v) is 3.65. The van der Waals surface area contributed by atoms with Crippen LogP contribution < -0.4 is 4.74 Å². The zero-order chi connectivity index (χ0) is 17.8. The number of para-hydroxylation sites is 1. The van der Waals surface area contributed by atoms with Crippen molar-refractivity contribution in [3.8, 4) is 11.5 Å². The average Bonchev–Trinajstić information content (AvgIpc) is 2.61. The van der Waals surface area contributed by atoms with Gasteiger partial charge in [0, 0.05) is 11.5 Å². The van der Waals surface area contributed by atoms with E-state index in [1.807, 2.05) is 13.0 Å². The van der Waals surface area contributed by atoms with E-state index in [1.165, 1.54) is 6.07 Å². The summed E-state index contributed by atoms with van der Waals surface area (Å²) in [7, 11) is 0. The van der Waals surface area contributed by atoms with Gasteiger partial charge in [0.2, 0.25) is 0 Å². The Bertz CT molecular complexity index is 967. The predicted molar refractivity (Wildman–Crippen MR) is 96.6 cm³/mol. The summed E-state index contributed by atoms with van der Waals surface area (Å²) >= 11 is 0. The van der Waals surface area contributed by atoms with Gasteiger partial charge in [-0.1, -0.05) is 30.3 Å². The van der Waals surface area contributed by atoms with Crippen LogP contribution in [0.2, 0.25) is 0 Å². The molecule has 0 atom stereocenters. The van der Waals surface area contributed by atoms with Crippen LogP contribution in [-0.2, 0) is 0 Å². The fourth-order valence-electron chi connectivity index (χ4n) is 2.47. The zero-order valence-electron chi connectivity index (χ0n) is 13.5. The van der Waals surface area contributed by atoms with E-state index in [4.69, 9.17) is 4.74 Å². The molecular formula is C19H16N2O4. The van der Waals surface area contributed by atoms with Crippen molar-refractivity contribution in [1.82, 2.24) is 4.98 Å². The topological polar surface area (TPSA) is 85.5 Å². The minimum atomic E-state index is -0.433. The molecule has 1 aromatic heterocycles. The van der Waals surface area contributed by atoms with E-state index in [0.29, 0.717) is 23.6 Å². The van der Waals surface area contributed by atoms with Crippen LogP contribution >= 0.6 is 0 Å². The highest BCUT2D eigenvalue weighted by Gasteiger charge is 2.12. The number of rotatable bonds is 5. The maximum absolute atomic E-state index is 11.1. The van der Waals surface area contributed by atoms with Crippen LogP contribution in [-0.4, -0.2) is 21.6 Å². The number of nitro benzene ring substituents is 1. The molecule has 2 aromatic carbocycles. The second-order valence-corrected chi connectivity index (χ2v) is 5.34. The Balaban J connectivity index is 1.95. The summed E-state index contributed by atoms with van der Waals surface area (Å²) < 4.78 is 5.35. The smallest absolute Gasteiger partial charge is 0.295 e. The van der Waals surface area contributed by atoms with Crippen LogP contribution in [0.25, 0.3) is 23.1 Å². The molecule has 0 fully saturated rings. The molecule has 25 heavy (non-hydrogen) atoms. The Labute approximate surface area is 144 Å². The zero-order valence-corrected chi connectivity index (χ0v) is 13.5. The Hall–Kier alpha value is -3.41. The molecule has 1 N–H and O–H groups in total. The highest BCUT2D eigenvalue weighted by Crippen LogP contribution is 2.28.